The van der Waals surface area contributed by atoms with Crippen molar-refractivity contribution in [2.75, 3.05) is 7.11 Å². The summed E-state index contributed by atoms with van der Waals surface area (Å²) in [4.78, 5) is 0. The summed E-state index contributed by atoms with van der Waals surface area (Å²) in [6, 6.07) is 10.8. The van der Waals surface area contributed by atoms with Crippen LogP contribution in [0.4, 0.5) is 0 Å². The highest BCUT2D eigenvalue weighted by Crippen LogP contribution is 2.28. The molecule has 0 radical (unpaired) electrons. The zero-order valence-electron chi connectivity index (χ0n) is 8.75. The fraction of sp³-hybridized carbons (Fsp3) is 0.0909. The van der Waals surface area contributed by atoms with E-state index in [9.17, 15) is 0 Å². The molecule has 2 aromatic rings. The molecule has 0 amide bonds. The SMILES string of the molecule is COc1ccc2c(OB(O)O)cccc2c1. The Hall–Kier alpha value is -1.72. The summed E-state index contributed by atoms with van der Waals surface area (Å²) in [5.74, 6) is 1.17. The molecule has 0 fully saturated rings. The van der Waals surface area contributed by atoms with Crippen molar-refractivity contribution in [3.8, 4) is 11.5 Å². The van der Waals surface area contributed by atoms with Gasteiger partial charge in [-0.25, -0.2) is 0 Å². The molecule has 2 N–H and O–H groups in total. The van der Waals surface area contributed by atoms with E-state index in [-0.39, 0.29) is 0 Å². The molecule has 82 valence electrons. The molecule has 0 saturated carbocycles. The van der Waals surface area contributed by atoms with E-state index in [1.807, 2.05) is 18.2 Å². The van der Waals surface area contributed by atoms with Crippen LogP contribution in [0.1, 0.15) is 0 Å². The van der Waals surface area contributed by atoms with Crippen LogP contribution < -0.4 is 9.39 Å². The predicted octanol–water partition coefficient (Wildman–Crippen LogP) is 1.20. The van der Waals surface area contributed by atoms with E-state index in [1.54, 1.807) is 25.3 Å². The molecular weight excluding hydrogens is 207 g/mol. The minimum absolute atomic E-state index is 0.426. The molecule has 16 heavy (non-hydrogen) atoms. The summed E-state index contributed by atoms with van der Waals surface area (Å²) in [6.45, 7) is 0. The Morgan fingerprint density at radius 2 is 1.94 bits per heavy atom. The van der Waals surface area contributed by atoms with Crippen LogP contribution in [0, 0.1) is 0 Å². The second-order valence-corrected chi connectivity index (χ2v) is 3.29. The van der Waals surface area contributed by atoms with Gasteiger partial charge >= 0.3 is 7.32 Å². The molecule has 0 heterocycles. The van der Waals surface area contributed by atoms with Crippen LogP contribution in [0.3, 0.4) is 0 Å². The maximum atomic E-state index is 8.77. The summed E-state index contributed by atoms with van der Waals surface area (Å²) < 4.78 is 9.97. The molecule has 4 nitrogen and oxygen atoms in total. The first kappa shape index (κ1) is 10.8. The van der Waals surface area contributed by atoms with Crippen LogP contribution in [-0.4, -0.2) is 24.5 Å². The summed E-state index contributed by atoms with van der Waals surface area (Å²) >= 11 is 0. The van der Waals surface area contributed by atoms with Crippen molar-refractivity contribution < 1.29 is 19.4 Å². The summed E-state index contributed by atoms with van der Waals surface area (Å²) in [5, 5.41) is 19.3. The molecule has 0 aliphatic heterocycles. The van der Waals surface area contributed by atoms with Crippen molar-refractivity contribution in [2.24, 2.45) is 0 Å². The Morgan fingerprint density at radius 3 is 2.62 bits per heavy atom. The number of hydrogen-bond donors (Lipinski definition) is 2. The topological polar surface area (TPSA) is 58.9 Å². The van der Waals surface area contributed by atoms with E-state index in [2.05, 4.69) is 0 Å². The first-order valence-corrected chi connectivity index (χ1v) is 4.80. The van der Waals surface area contributed by atoms with Crippen molar-refractivity contribution >= 4 is 18.1 Å². The maximum absolute atomic E-state index is 8.77. The van der Waals surface area contributed by atoms with Gasteiger partial charge in [-0.05, 0) is 29.7 Å². The molecule has 0 spiro atoms. The lowest BCUT2D eigenvalue weighted by molar-refractivity contribution is 0.289. The minimum Gasteiger partial charge on any atom is -0.512 e. The number of benzene rings is 2. The van der Waals surface area contributed by atoms with Gasteiger partial charge in [0.15, 0.2) is 0 Å². The van der Waals surface area contributed by atoms with Gasteiger partial charge in [0.05, 0.1) is 7.11 Å². The number of rotatable bonds is 3. The van der Waals surface area contributed by atoms with Gasteiger partial charge in [-0.15, -0.1) is 0 Å². The molecule has 0 saturated heterocycles. The lowest BCUT2D eigenvalue weighted by Gasteiger charge is -2.09. The van der Waals surface area contributed by atoms with E-state index in [0.29, 0.717) is 5.75 Å². The van der Waals surface area contributed by atoms with Crippen molar-refractivity contribution in [2.45, 2.75) is 0 Å². The Bertz CT molecular complexity index is 498. The summed E-state index contributed by atoms with van der Waals surface area (Å²) in [5.41, 5.74) is 0. The highest BCUT2D eigenvalue weighted by Gasteiger charge is 2.13. The highest BCUT2D eigenvalue weighted by molar-refractivity contribution is 6.34. The second kappa shape index (κ2) is 4.43. The fourth-order valence-corrected chi connectivity index (χ4v) is 1.58. The van der Waals surface area contributed by atoms with E-state index in [1.165, 1.54) is 0 Å². The summed E-state index contributed by atoms with van der Waals surface area (Å²) in [6.07, 6.45) is 0. The Kier molecular flexibility index (Phi) is 2.98. The number of ether oxygens (including phenoxy) is 1. The normalized spacial score (nSPS) is 10.2. The monoisotopic (exact) mass is 218 g/mol. The van der Waals surface area contributed by atoms with Crippen LogP contribution in [-0.2, 0) is 0 Å². The lowest BCUT2D eigenvalue weighted by atomic mass is 10.1. The van der Waals surface area contributed by atoms with Crippen molar-refractivity contribution in [1.29, 1.82) is 0 Å². The van der Waals surface area contributed by atoms with Crippen LogP contribution in [0.15, 0.2) is 36.4 Å². The Balaban J connectivity index is 2.51. The van der Waals surface area contributed by atoms with Crippen molar-refractivity contribution in [3.63, 3.8) is 0 Å². The van der Waals surface area contributed by atoms with Gasteiger partial charge in [-0.3, -0.25) is 0 Å². The van der Waals surface area contributed by atoms with Gasteiger partial charge in [-0.1, -0.05) is 12.1 Å². The smallest absolute Gasteiger partial charge is 0.512 e. The van der Waals surface area contributed by atoms with E-state index in [4.69, 9.17) is 19.4 Å². The second-order valence-electron chi connectivity index (χ2n) is 3.29. The van der Waals surface area contributed by atoms with Crippen LogP contribution in [0.5, 0.6) is 11.5 Å². The molecule has 2 aromatic carbocycles. The fourth-order valence-electron chi connectivity index (χ4n) is 1.58. The molecule has 0 aliphatic rings. The molecule has 0 bridgehead atoms. The number of hydrogen-bond acceptors (Lipinski definition) is 4. The zero-order chi connectivity index (χ0) is 11.5. The third-order valence-corrected chi connectivity index (χ3v) is 2.28. The molecule has 2 rings (SSSR count). The van der Waals surface area contributed by atoms with Gasteiger partial charge in [0, 0.05) is 5.39 Å². The molecule has 0 aliphatic carbocycles. The molecule has 0 unspecified atom stereocenters. The van der Waals surface area contributed by atoms with Gasteiger partial charge in [0.25, 0.3) is 0 Å². The Morgan fingerprint density at radius 1 is 1.12 bits per heavy atom. The third-order valence-electron chi connectivity index (χ3n) is 2.28. The number of methoxy groups -OCH3 is 1. The largest absolute Gasteiger partial charge is 0.707 e. The van der Waals surface area contributed by atoms with Gasteiger partial charge in [-0.2, -0.15) is 0 Å². The first-order valence-electron chi connectivity index (χ1n) is 4.80. The van der Waals surface area contributed by atoms with Gasteiger partial charge in [0.1, 0.15) is 11.5 Å². The van der Waals surface area contributed by atoms with Gasteiger partial charge < -0.3 is 19.4 Å². The lowest BCUT2D eigenvalue weighted by Crippen LogP contribution is -2.20. The zero-order valence-corrected chi connectivity index (χ0v) is 8.75. The van der Waals surface area contributed by atoms with Crippen LogP contribution in [0.2, 0.25) is 0 Å². The van der Waals surface area contributed by atoms with Crippen molar-refractivity contribution in [1.82, 2.24) is 0 Å². The molecular formula is C11H11BO4. The van der Waals surface area contributed by atoms with Crippen LogP contribution in [0.25, 0.3) is 10.8 Å². The van der Waals surface area contributed by atoms with E-state index in [0.717, 1.165) is 16.5 Å². The summed E-state index contributed by atoms with van der Waals surface area (Å²) in [7, 11) is -0.216. The standard InChI is InChI=1S/C11H11BO4/c1-15-9-5-6-10-8(7-9)3-2-4-11(10)16-12(13)14/h2-7,13-14H,1H3. The molecule has 0 atom stereocenters. The average molecular weight is 218 g/mol. The number of fused-ring (bicyclic) bond motifs is 1. The highest BCUT2D eigenvalue weighted by atomic mass is 16.6. The predicted molar refractivity (Wildman–Crippen MR) is 61.3 cm³/mol. The van der Waals surface area contributed by atoms with E-state index < -0.39 is 7.32 Å². The maximum Gasteiger partial charge on any atom is 0.707 e. The van der Waals surface area contributed by atoms with Crippen LogP contribution >= 0.6 is 0 Å². The van der Waals surface area contributed by atoms with Gasteiger partial charge in [0.2, 0.25) is 0 Å². The Labute approximate surface area is 93.2 Å². The quantitative estimate of drug-likeness (QED) is 0.759. The molecule has 5 heteroatoms. The van der Waals surface area contributed by atoms with Crippen molar-refractivity contribution in [3.05, 3.63) is 36.4 Å². The van der Waals surface area contributed by atoms with E-state index >= 15 is 0 Å². The average Bonchev–Trinajstić information content (AvgIpc) is 2.28. The third kappa shape index (κ3) is 2.10. The first-order chi connectivity index (χ1) is 7.70. The molecule has 0 aromatic heterocycles. The minimum atomic E-state index is -1.81.